The van der Waals surface area contributed by atoms with Crippen molar-refractivity contribution in [3.63, 3.8) is 0 Å². The molecule has 0 bridgehead atoms. The van der Waals surface area contributed by atoms with Crippen LogP contribution in [-0.2, 0) is 14.3 Å². The van der Waals surface area contributed by atoms with Crippen LogP contribution in [0.25, 0.3) is 11.1 Å². The average molecular weight is 451 g/mol. The number of carbonyl (C=O) groups is 3. The molecule has 2 N–H and O–H groups in total. The summed E-state index contributed by atoms with van der Waals surface area (Å²) in [6.45, 7) is 2.23. The molecule has 2 aliphatic rings. The van der Waals surface area contributed by atoms with Gasteiger partial charge in [-0.1, -0.05) is 55.5 Å². The Labute approximate surface area is 193 Å². The summed E-state index contributed by atoms with van der Waals surface area (Å²) in [4.78, 5) is 37.4. The van der Waals surface area contributed by atoms with Gasteiger partial charge in [0.2, 0.25) is 5.91 Å². The molecule has 0 aromatic heterocycles. The Hall–Kier alpha value is -3.35. The number of nitrogens with one attached hydrogen (secondary N) is 1. The van der Waals surface area contributed by atoms with Gasteiger partial charge in [-0.05, 0) is 47.9 Å². The van der Waals surface area contributed by atoms with Gasteiger partial charge in [-0.25, -0.2) is 4.79 Å². The van der Waals surface area contributed by atoms with Gasteiger partial charge in [-0.2, -0.15) is 0 Å². The van der Waals surface area contributed by atoms with Crippen LogP contribution in [0.1, 0.15) is 49.7 Å². The van der Waals surface area contributed by atoms with E-state index in [4.69, 9.17) is 9.84 Å². The molecule has 0 heterocycles. The van der Waals surface area contributed by atoms with Crippen molar-refractivity contribution in [1.82, 2.24) is 10.2 Å². The number of rotatable bonds is 10. The van der Waals surface area contributed by atoms with E-state index in [9.17, 15) is 14.4 Å². The van der Waals surface area contributed by atoms with Crippen LogP contribution in [-0.4, -0.2) is 53.7 Å². The van der Waals surface area contributed by atoms with Gasteiger partial charge in [0.25, 0.3) is 0 Å². The zero-order chi connectivity index (χ0) is 23.4. The van der Waals surface area contributed by atoms with Gasteiger partial charge in [-0.3, -0.25) is 9.59 Å². The van der Waals surface area contributed by atoms with E-state index in [1.807, 2.05) is 31.2 Å². The molecule has 2 amide bonds. The number of carbonyl (C=O) groups excluding carboxylic acids is 2. The monoisotopic (exact) mass is 450 g/mol. The summed E-state index contributed by atoms with van der Waals surface area (Å²) >= 11 is 0. The number of nitrogens with zero attached hydrogens (tertiary/aromatic N) is 1. The molecule has 7 heteroatoms. The van der Waals surface area contributed by atoms with E-state index in [0.29, 0.717) is 19.4 Å². The third-order valence-electron chi connectivity index (χ3n) is 6.42. The number of ether oxygens (including phenoxy) is 1. The smallest absolute Gasteiger partial charge is 0.407 e. The van der Waals surface area contributed by atoms with E-state index in [1.54, 1.807) is 0 Å². The second-order valence-electron chi connectivity index (χ2n) is 8.89. The highest BCUT2D eigenvalue weighted by Crippen LogP contribution is 2.44. The first-order chi connectivity index (χ1) is 16.0. The fourth-order valence-electron chi connectivity index (χ4n) is 4.57. The first-order valence-electron chi connectivity index (χ1n) is 11.6. The van der Waals surface area contributed by atoms with Gasteiger partial charge in [0.05, 0.1) is 0 Å². The molecule has 1 saturated carbocycles. The van der Waals surface area contributed by atoms with Crippen molar-refractivity contribution in [2.75, 3.05) is 19.7 Å². The summed E-state index contributed by atoms with van der Waals surface area (Å²) in [6.07, 6.45) is 2.46. The predicted molar refractivity (Wildman–Crippen MR) is 124 cm³/mol. The molecule has 0 radical (unpaired) electrons. The Bertz CT molecular complexity index is 987. The maximum absolute atomic E-state index is 12.6. The lowest BCUT2D eigenvalue weighted by Crippen LogP contribution is -2.40. The third kappa shape index (κ3) is 5.35. The minimum atomic E-state index is -0.987. The summed E-state index contributed by atoms with van der Waals surface area (Å²) in [7, 11) is 0. The number of carboxylic acids is 1. The lowest BCUT2D eigenvalue weighted by atomic mass is 9.98. The molecule has 4 rings (SSSR count). The van der Waals surface area contributed by atoms with Crippen LogP contribution in [0.3, 0.4) is 0 Å². The van der Waals surface area contributed by atoms with E-state index >= 15 is 0 Å². The Balaban J connectivity index is 1.21. The van der Waals surface area contributed by atoms with E-state index in [0.717, 1.165) is 12.8 Å². The molecule has 1 atom stereocenters. The highest BCUT2D eigenvalue weighted by atomic mass is 16.5. The van der Waals surface area contributed by atoms with E-state index in [-0.39, 0.29) is 36.9 Å². The molecule has 7 nitrogen and oxygen atoms in total. The fourth-order valence-corrected chi connectivity index (χ4v) is 4.57. The van der Waals surface area contributed by atoms with Crippen LogP contribution in [0, 0.1) is 5.92 Å². The third-order valence-corrected chi connectivity index (χ3v) is 6.42. The Morgan fingerprint density at radius 1 is 1.06 bits per heavy atom. The van der Waals surface area contributed by atoms with E-state index in [2.05, 4.69) is 29.6 Å². The number of aliphatic carboxylic acids is 1. The van der Waals surface area contributed by atoms with Crippen molar-refractivity contribution < 1.29 is 24.2 Å². The van der Waals surface area contributed by atoms with E-state index in [1.165, 1.54) is 27.2 Å². The van der Waals surface area contributed by atoms with Crippen molar-refractivity contribution in [1.29, 1.82) is 0 Å². The normalized spacial score (nSPS) is 15.3. The minimum Gasteiger partial charge on any atom is -0.480 e. The van der Waals surface area contributed by atoms with Gasteiger partial charge >= 0.3 is 12.1 Å². The molecular weight excluding hydrogens is 420 g/mol. The Morgan fingerprint density at radius 2 is 1.67 bits per heavy atom. The van der Waals surface area contributed by atoms with Crippen LogP contribution < -0.4 is 5.32 Å². The highest BCUT2D eigenvalue weighted by Gasteiger charge is 2.35. The molecule has 1 fully saturated rings. The predicted octanol–water partition coefficient (Wildman–Crippen LogP) is 4.02. The number of fused-ring (bicyclic) bond motifs is 3. The van der Waals surface area contributed by atoms with Gasteiger partial charge in [0, 0.05) is 24.4 Å². The van der Waals surface area contributed by atoms with Crippen molar-refractivity contribution in [3.8, 4) is 11.1 Å². The zero-order valence-electron chi connectivity index (χ0n) is 18.8. The molecule has 2 aromatic rings. The number of hydrogen-bond donors (Lipinski definition) is 2. The van der Waals surface area contributed by atoms with Crippen LogP contribution in [0.15, 0.2) is 48.5 Å². The van der Waals surface area contributed by atoms with Crippen molar-refractivity contribution in [2.24, 2.45) is 5.92 Å². The standard InChI is InChI=1S/C26H30N2O5/c1-17(25(31)28(15-24(29)30)18-12-13-18)7-6-14-27-26(32)33-16-23-21-10-4-2-8-19(21)20-9-3-5-11-22(20)23/h2-5,8-11,17-18,23H,6-7,12-16H2,1H3,(H,27,32)(H,29,30). The number of carboxylic acid groups (broad SMARTS) is 1. The second kappa shape index (κ2) is 10.1. The van der Waals surface area contributed by atoms with Gasteiger partial charge in [0.15, 0.2) is 0 Å². The van der Waals surface area contributed by atoms with Gasteiger partial charge < -0.3 is 20.1 Å². The van der Waals surface area contributed by atoms with Crippen molar-refractivity contribution >= 4 is 18.0 Å². The van der Waals surface area contributed by atoms with Gasteiger partial charge in [-0.15, -0.1) is 0 Å². The molecule has 1 unspecified atom stereocenters. The maximum atomic E-state index is 12.6. The number of alkyl carbamates (subject to hydrolysis) is 1. The molecule has 0 spiro atoms. The summed E-state index contributed by atoms with van der Waals surface area (Å²) in [5, 5.41) is 11.8. The molecule has 0 saturated heterocycles. The number of hydrogen-bond acceptors (Lipinski definition) is 4. The molecule has 2 aliphatic carbocycles. The molecule has 174 valence electrons. The zero-order valence-corrected chi connectivity index (χ0v) is 18.8. The molecule has 33 heavy (non-hydrogen) atoms. The maximum Gasteiger partial charge on any atom is 0.407 e. The summed E-state index contributed by atoms with van der Waals surface area (Å²) in [6, 6.07) is 16.4. The Kier molecular flexibility index (Phi) is 6.96. The van der Waals surface area contributed by atoms with Crippen LogP contribution in [0.4, 0.5) is 4.79 Å². The number of amides is 2. The van der Waals surface area contributed by atoms with E-state index < -0.39 is 12.1 Å². The largest absolute Gasteiger partial charge is 0.480 e. The fraction of sp³-hybridized carbons (Fsp3) is 0.423. The van der Waals surface area contributed by atoms with Gasteiger partial charge in [0.1, 0.15) is 13.2 Å². The highest BCUT2D eigenvalue weighted by molar-refractivity contribution is 5.83. The van der Waals surface area contributed by atoms with Crippen LogP contribution in [0.5, 0.6) is 0 Å². The number of benzene rings is 2. The summed E-state index contributed by atoms with van der Waals surface area (Å²) in [5.74, 6) is -1.38. The quantitative estimate of drug-likeness (QED) is 0.533. The first kappa shape index (κ1) is 22.8. The molecule has 0 aliphatic heterocycles. The lowest BCUT2D eigenvalue weighted by molar-refractivity contribution is -0.146. The van der Waals surface area contributed by atoms with Crippen molar-refractivity contribution in [2.45, 2.75) is 44.6 Å². The lowest BCUT2D eigenvalue weighted by Gasteiger charge is -2.24. The van der Waals surface area contributed by atoms with Crippen molar-refractivity contribution in [3.05, 3.63) is 59.7 Å². The minimum absolute atomic E-state index is 0.0171. The average Bonchev–Trinajstić information content (AvgIpc) is 3.61. The second-order valence-corrected chi connectivity index (χ2v) is 8.89. The molecule has 2 aromatic carbocycles. The molecular formula is C26H30N2O5. The summed E-state index contributed by atoms with van der Waals surface area (Å²) in [5.41, 5.74) is 4.70. The first-order valence-corrected chi connectivity index (χ1v) is 11.6. The Morgan fingerprint density at radius 3 is 2.24 bits per heavy atom. The summed E-state index contributed by atoms with van der Waals surface area (Å²) < 4.78 is 5.53. The topological polar surface area (TPSA) is 95.9 Å². The SMILES string of the molecule is CC(CCCNC(=O)OCC1c2ccccc2-c2ccccc21)C(=O)N(CC(=O)O)C1CC1. The van der Waals surface area contributed by atoms with Crippen LogP contribution in [0.2, 0.25) is 0 Å². The van der Waals surface area contributed by atoms with Crippen LogP contribution >= 0.6 is 0 Å².